The Bertz CT molecular complexity index is 489. The van der Waals surface area contributed by atoms with E-state index in [2.05, 4.69) is 0 Å². The lowest BCUT2D eigenvalue weighted by molar-refractivity contribution is 0.616. The summed E-state index contributed by atoms with van der Waals surface area (Å²) in [5.41, 5.74) is 0.331. The zero-order chi connectivity index (χ0) is 11.7. The lowest BCUT2D eigenvalue weighted by Gasteiger charge is -2.05. The molecule has 4 heteroatoms. The Balaban J connectivity index is 2.59. The molecule has 82 valence electrons. The van der Waals surface area contributed by atoms with Crippen LogP contribution in [0.25, 0.3) is 11.1 Å². The average molecular weight is 259 g/mol. The van der Waals surface area contributed by atoms with E-state index < -0.39 is 11.6 Å². The van der Waals surface area contributed by atoms with Crippen molar-refractivity contribution in [2.75, 3.05) is 0 Å². The summed E-state index contributed by atoms with van der Waals surface area (Å²) in [7, 11) is 0. The van der Waals surface area contributed by atoms with Gasteiger partial charge in [0.1, 0.15) is 11.6 Å². The average Bonchev–Trinajstić information content (AvgIpc) is 2.19. The van der Waals surface area contributed by atoms with E-state index in [-0.39, 0.29) is 21.2 Å². The molecule has 0 saturated carbocycles. The Hall–Kier alpha value is -1.12. The van der Waals surface area contributed by atoms with Crippen LogP contribution in [0.4, 0.5) is 8.78 Å². The Kier molecular flexibility index (Phi) is 3.13. The number of rotatable bonds is 1. The molecule has 16 heavy (non-hydrogen) atoms. The van der Waals surface area contributed by atoms with Crippen LogP contribution >= 0.6 is 23.2 Å². The van der Waals surface area contributed by atoms with Crippen LogP contribution in [0, 0.1) is 11.6 Å². The quantitative estimate of drug-likeness (QED) is 0.680. The van der Waals surface area contributed by atoms with Crippen molar-refractivity contribution in [3.05, 3.63) is 58.1 Å². The topological polar surface area (TPSA) is 0 Å². The highest BCUT2D eigenvalue weighted by Crippen LogP contribution is 2.28. The SMILES string of the molecule is Fc1cc(Cl)ccc1-c1ccc(Cl)cc1F. The summed E-state index contributed by atoms with van der Waals surface area (Å²) in [6.45, 7) is 0. The van der Waals surface area contributed by atoms with Crippen molar-refractivity contribution in [3.8, 4) is 11.1 Å². The van der Waals surface area contributed by atoms with Crippen LogP contribution in [0.2, 0.25) is 10.0 Å². The van der Waals surface area contributed by atoms with Gasteiger partial charge in [0.15, 0.2) is 0 Å². The maximum absolute atomic E-state index is 13.5. The number of benzene rings is 2. The standard InChI is InChI=1S/C12H6Cl2F2/c13-7-1-3-9(11(15)5-7)10-4-2-8(14)6-12(10)16/h1-6H. The van der Waals surface area contributed by atoms with E-state index in [1.165, 1.54) is 24.3 Å². The second-order valence-electron chi connectivity index (χ2n) is 3.25. The van der Waals surface area contributed by atoms with Gasteiger partial charge in [-0.15, -0.1) is 0 Å². The third kappa shape index (κ3) is 2.18. The van der Waals surface area contributed by atoms with Crippen molar-refractivity contribution >= 4 is 23.2 Å². The van der Waals surface area contributed by atoms with Crippen molar-refractivity contribution in [1.29, 1.82) is 0 Å². The normalized spacial score (nSPS) is 10.5. The minimum Gasteiger partial charge on any atom is -0.206 e. The molecule has 0 atom stereocenters. The van der Waals surface area contributed by atoms with Crippen LogP contribution in [0.5, 0.6) is 0 Å². The fourth-order valence-electron chi connectivity index (χ4n) is 1.42. The fourth-order valence-corrected chi connectivity index (χ4v) is 1.73. The van der Waals surface area contributed by atoms with Gasteiger partial charge in [0.25, 0.3) is 0 Å². The molecule has 0 heterocycles. The van der Waals surface area contributed by atoms with Gasteiger partial charge in [0.2, 0.25) is 0 Å². The molecular formula is C12H6Cl2F2. The molecule has 2 aromatic carbocycles. The maximum Gasteiger partial charge on any atom is 0.132 e. The van der Waals surface area contributed by atoms with Gasteiger partial charge in [-0.25, -0.2) is 8.78 Å². The summed E-state index contributed by atoms with van der Waals surface area (Å²) in [5, 5.41) is 0.547. The van der Waals surface area contributed by atoms with Gasteiger partial charge in [0.05, 0.1) is 0 Å². The van der Waals surface area contributed by atoms with Crippen LogP contribution < -0.4 is 0 Å². The summed E-state index contributed by atoms with van der Waals surface area (Å²) >= 11 is 11.2. The van der Waals surface area contributed by atoms with Gasteiger partial charge in [-0.2, -0.15) is 0 Å². The van der Waals surface area contributed by atoms with Crippen molar-refractivity contribution in [2.24, 2.45) is 0 Å². The van der Waals surface area contributed by atoms with Crippen molar-refractivity contribution < 1.29 is 8.78 Å². The molecule has 0 radical (unpaired) electrons. The van der Waals surface area contributed by atoms with Crippen molar-refractivity contribution in [2.45, 2.75) is 0 Å². The first kappa shape index (κ1) is 11.4. The van der Waals surface area contributed by atoms with Gasteiger partial charge in [0, 0.05) is 21.2 Å². The van der Waals surface area contributed by atoms with Crippen LogP contribution in [-0.2, 0) is 0 Å². The predicted molar refractivity (Wildman–Crippen MR) is 61.8 cm³/mol. The summed E-state index contributed by atoms with van der Waals surface area (Å²) in [6.07, 6.45) is 0. The summed E-state index contributed by atoms with van der Waals surface area (Å²) < 4.78 is 27.1. The predicted octanol–water partition coefficient (Wildman–Crippen LogP) is 4.94. The molecule has 0 aliphatic rings. The molecule has 0 saturated heterocycles. The molecule has 0 bridgehead atoms. The second-order valence-corrected chi connectivity index (χ2v) is 4.12. The highest BCUT2D eigenvalue weighted by atomic mass is 35.5. The Labute approximate surface area is 101 Å². The molecular weight excluding hydrogens is 253 g/mol. The monoisotopic (exact) mass is 258 g/mol. The molecule has 0 unspecified atom stereocenters. The minimum atomic E-state index is -0.561. The van der Waals surface area contributed by atoms with E-state index in [1.807, 2.05) is 0 Å². The Morgan fingerprint density at radius 2 is 1.06 bits per heavy atom. The first-order valence-corrected chi connectivity index (χ1v) is 5.24. The highest BCUT2D eigenvalue weighted by molar-refractivity contribution is 6.31. The first-order valence-electron chi connectivity index (χ1n) is 4.48. The molecule has 0 nitrogen and oxygen atoms in total. The van der Waals surface area contributed by atoms with Crippen LogP contribution in [0.15, 0.2) is 36.4 Å². The van der Waals surface area contributed by atoms with Crippen molar-refractivity contribution in [1.82, 2.24) is 0 Å². The third-order valence-corrected chi connectivity index (χ3v) is 2.62. The van der Waals surface area contributed by atoms with Gasteiger partial charge >= 0.3 is 0 Å². The minimum absolute atomic E-state index is 0.165. The van der Waals surface area contributed by atoms with Crippen LogP contribution in [0.1, 0.15) is 0 Å². The van der Waals surface area contributed by atoms with E-state index in [4.69, 9.17) is 23.2 Å². The molecule has 2 aromatic rings. The molecule has 0 amide bonds. The molecule has 2 rings (SSSR count). The highest BCUT2D eigenvalue weighted by Gasteiger charge is 2.10. The van der Waals surface area contributed by atoms with Crippen LogP contribution in [0.3, 0.4) is 0 Å². The second kappa shape index (κ2) is 4.40. The van der Waals surface area contributed by atoms with Gasteiger partial charge < -0.3 is 0 Å². The molecule has 0 fully saturated rings. The number of hydrogen-bond acceptors (Lipinski definition) is 0. The smallest absolute Gasteiger partial charge is 0.132 e. The van der Waals surface area contributed by atoms with Crippen LogP contribution in [-0.4, -0.2) is 0 Å². The molecule has 0 aliphatic carbocycles. The largest absolute Gasteiger partial charge is 0.206 e. The van der Waals surface area contributed by atoms with Gasteiger partial charge in [-0.1, -0.05) is 23.2 Å². The first-order chi connectivity index (χ1) is 7.58. The number of halogens is 4. The van der Waals surface area contributed by atoms with Crippen molar-refractivity contribution in [3.63, 3.8) is 0 Å². The zero-order valence-electron chi connectivity index (χ0n) is 7.98. The van der Waals surface area contributed by atoms with E-state index in [1.54, 1.807) is 0 Å². The Morgan fingerprint density at radius 3 is 1.38 bits per heavy atom. The molecule has 0 N–H and O–H groups in total. The summed E-state index contributed by atoms with van der Waals surface area (Å²) in [4.78, 5) is 0. The van der Waals surface area contributed by atoms with Gasteiger partial charge in [-0.3, -0.25) is 0 Å². The van der Waals surface area contributed by atoms with E-state index in [0.29, 0.717) is 0 Å². The van der Waals surface area contributed by atoms with Gasteiger partial charge in [-0.05, 0) is 36.4 Å². The lowest BCUT2D eigenvalue weighted by Crippen LogP contribution is -1.88. The maximum atomic E-state index is 13.5. The fraction of sp³-hybridized carbons (Fsp3) is 0. The summed E-state index contributed by atoms with van der Waals surface area (Å²) in [5.74, 6) is -1.12. The summed E-state index contributed by atoms with van der Waals surface area (Å²) in [6, 6.07) is 8.17. The van der Waals surface area contributed by atoms with E-state index >= 15 is 0 Å². The zero-order valence-corrected chi connectivity index (χ0v) is 9.49. The number of hydrogen-bond donors (Lipinski definition) is 0. The van der Waals surface area contributed by atoms with E-state index in [0.717, 1.165) is 12.1 Å². The lowest BCUT2D eigenvalue weighted by atomic mass is 10.0. The third-order valence-electron chi connectivity index (χ3n) is 2.15. The molecule has 0 aliphatic heterocycles. The molecule has 0 aromatic heterocycles. The van der Waals surface area contributed by atoms with E-state index in [9.17, 15) is 8.78 Å². The molecule has 0 spiro atoms. The Morgan fingerprint density at radius 1 is 0.688 bits per heavy atom.